The number of carbonyl (C=O) groups excluding carboxylic acids is 2. The number of nitrogens with one attached hydrogen (secondary N) is 2. The molecule has 4 nitrogen and oxygen atoms in total. The maximum atomic E-state index is 12.0. The maximum Gasteiger partial charge on any atom is 0.239 e. The zero-order valence-corrected chi connectivity index (χ0v) is 15.1. The Morgan fingerprint density at radius 2 is 1.68 bits per heavy atom. The Morgan fingerprint density at radius 3 is 2.32 bits per heavy atom. The van der Waals surface area contributed by atoms with Crippen LogP contribution in [-0.2, 0) is 11.2 Å². The molecule has 4 heteroatoms. The molecule has 0 bridgehead atoms. The average Bonchev–Trinajstić information content (AvgIpc) is 2.60. The van der Waals surface area contributed by atoms with Gasteiger partial charge in [-0.1, -0.05) is 50.2 Å². The number of hydrogen-bond donors (Lipinski definition) is 2. The molecule has 132 valence electrons. The van der Waals surface area contributed by atoms with Gasteiger partial charge in [-0.25, -0.2) is 0 Å². The van der Waals surface area contributed by atoms with Crippen molar-refractivity contribution in [3.8, 4) is 0 Å². The Balaban J connectivity index is 1.77. The lowest BCUT2D eigenvalue weighted by atomic mass is 10.0. The molecule has 0 aliphatic rings. The summed E-state index contributed by atoms with van der Waals surface area (Å²) >= 11 is 0. The summed E-state index contributed by atoms with van der Waals surface area (Å²) in [6, 6.07) is 15.7. The van der Waals surface area contributed by atoms with E-state index in [-0.39, 0.29) is 18.2 Å². The predicted molar refractivity (Wildman–Crippen MR) is 102 cm³/mol. The second-order valence-corrected chi connectivity index (χ2v) is 6.45. The molecule has 2 aromatic carbocycles. The minimum atomic E-state index is -0.0860. The minimum absolute atomic E-state index is 0.0200. The first kappa shape index (κ1) is 18.7. The van der Waals surface area contributed by atoms with Crippen molar-refractivity contribution in [3.05, 3.63) is 65.2 Å². The Hall–Kier alpha value is -2.62. The number of anilines is 1. The van der Waals surface area contributed by atoms with Gasteiger partial charge in [-0.3, -0.25) is 9.59 Å². The zero-order chi connectivity index (χ0) is 18.2. The molecule has 0 radical (unpaired) electrons. The number of para-hydroxylation sites is 1. The average molecular weight is 338 g/mol. The van der Waals surface area contributed by atoms with Crippen LogP contribution in [0.2, 0.25) is 0 Å². The quantitative estimate of drug-likeness (QED) is 0.720. The van der Waals surface area contributed by atoms with Crippen molar-refractivity contribution in [2.45, 2.75) is 33.1 Å². The first-order valence-corrected chi connectivity index (χ1v) is 8.66. The van der Waals surface area contributed by atoms with E-state index in [4.69, 9.17) is 0 Å². The molecule has 25 heavy (non-hydrogen) atoms. The van der Waals surface area contributed by atoms with Gasteiger partial charge in [0.1, 0.15) is 0 Å². The molecule has 2 N–H and O–H groups in total. The van der Waals surface area contributed by atoms with E-state index in [9.17, 15) is 9.59 Å². The Bertz CT molecular complexity index is 721. The lowest BCUT2D eigenvalue weighted by Crippen LogP contribution is -2.31. The summed E-state index contributed by atoms with van der Waals surface area (Å²) in [5.74, 6) is 0.420. The fourth-order valence-corrected chi connectivity index (χ4v) is 2.60. The molecule has 1 amide bonds. The highest BCUT2D eigenvalue weighted by molar-refractivity contribution is 6.00. The van der Waals surface area contributed by atoms with Gasteiger partial charge in [-0.2, -0.15) is 0 Å². The minimum Gasteiger partial charge on any atom is -0.376 e. The van der Waals surface area contributed by atoms with E-state index in [1.54, 1.807) is 12.1 Å². The van der Waals surface area contributed by atoms with Crippen LogP contribution < -0.4 is 10.6 Å². The Labute approximate surface area is 149 Å². The van der Waals surface area contributed by atoms with Crippen molar-refractivity contribution in [2.75, 3.05) is 18.4 Å². The number of ketones is 1. The van der Waals surface area contributed by atoms with E-state index in [1.165, 1.54) is 18.1 Å². The number of amides is 1. The number of hydrogen-bond acceptors (Lipinski definition) is 3. The molecule has 0 atom stereocenters. The molecule has 0 aliphatic carbocycles. The van der Waals surface area contributed by atoms with Crippen LogP contribution >= 0.6 is 0 Å². The second kappa shape index (κ2) is 9.02. The van der Waals surface area contributed by atoms with Gasteiger partial charge in [0, 0.05) is 17.8 Å². The summed E-state index contributed by atoms with van der Waals surface area (Å²) in [6.07, 6.45) is 0.800. The SMILES string of the molecule is CC(=O)c1ccccc1NCC(=O)NCCc1ccc(C(C)C)cc1. The van der Waals surface area contributed by atoms with Crippen molar-refractivity contribution in [1.82, 2.24) is 5.32 Å². The van der Waals surface area contributed by atoms with E-state index in [1.807, 2.05) is 12.1 Å². The van der Waals surface area contributed by atoms with Gasteiger partial charge < -0.3 is 10.6 Å². The third-order valence-electron chi connectivity index (χ3n) is 4.13. The molecule has 0 spiro atoms. The van der Waals surface area contributed by atoms with Crippen LogP contribution in [-0.4, -0.2) is 24.8 Å². The van der Waals surface area contributed by atoms with Gasteiger partial charge in [0.15, 0.2) is 5.78 Å². The smallest absolute Gasteiger partial charge is 0.239 e. The first-order valence-electron chi connectivity index (χ1n) is 8.66. The van der Waals surface area contributed by atoms with Crippen molar-refractivity contribution < 1.29 is 9.59 Å². The van der Waals surface area contributed by atoms with Gasteiger partial charge >= 0.3 is 0 Å². The van der Waals surface area contributed by atoms with E-state index in [2.05, 4.69) is 48.7 Å². The van der Waals surface area contributed by atoms with Gasteiger partial charge in [0.2, 0.25) is 5.91 Å². The predicted octanol–water partition coefficient (Wildman–Crippen LogP) is 3.78. The lowest BCUT2D eigenvalue weighted by molar-refractivity contribution is -0.119. The van der Waals surface area contributed by atoms with Gasteiger partial charge in [-0.05, 0) is 42.5 Å². The molecule has 0 aromatic heterocycles. The van der Waals surface area contributed by atoms with E-state index in [0.717, 1.165) is 6.42 Å². The molecule has 0 aliphatic heterocycles. The highest BCUT2D eigenvalue weighted by atomic mass is 16.2. The topological polar surface area (TPSA) is 58.2 Å². The fourth-order valence-electron chi connectivity index (χ4n) is 2.60. The largest absolute Gasteiger partial charge is 0.376 e. The molecule has 2 aromatic rings. The van der Waals surface area contributed by atoms with Crippen LogP contribution in [0.5, 0.6) is 0 Å². The van der Waals surface area contributed by atoms with Crippen molar-refractivity contribution in [3.63, 3.8) is 0 Å². The molecule has 0 unspecified atom stereocenters. The third kappa shape index (κ3) is 5.75. The van der Waals surface area contributed by atoms with Crippen LogP contribution in [0.15, 0.2) is 48.5 Å². The van der Waals surface area contributed by atoms with Crippen LogP contribution in [0.25, 0.3) is 0 Å². The molecule has 0 saturated heterocycles. The number of carbonyl (C=O) groups is 2. The molecule has 0 heterocycles. The van der Waals surface area contributed by atoms with Crippen molar-refractivity contribution in [2.24, 2.45) is 0 Å². The van der Waals surface area contributed by atoms with E-state index < -0.39 is 0 Å². The summed E-state index contributed by atoms with van der Waals surface area (Å²) in [6.45, 7) is 6.61. The Kier molecular flexibility index (Phi) is 6.75. The number of benzene rings is 2. The van der Waals surface area contributed by atoms with Crippen molar-refractivity contribution >= 4 is 17.4 Å². The van der Waals surface area contributed by atoms with Crippen LogP contribution in [0.3, 0.4) is 0 Å². The molecular formula is C21H26N2O2. The van der Waals surface area contributed by atoms with Crippen molar-refractivity contribution in [1.29, 1.82) is 0 Å². The standard InChI is InChI=1S/C21H26N2O2/c1-15(2)18-10-8-17(9-11-18)12-13-22-21(25)14-23-20-7-5-4-6-19(20)16(3)24/h4-11,15,23H,12-14H2,1-3H3,(H,22,25). The third-order valence-corrected chi connectivity index (χ3v) is 4.13. The summed E-state index contributed by atoms with van der Waals surface area (Å²) in [5, 5.41) is 5.93. The van der Waals surface area contributed by atoms with Gasteiger partial charge in [0.05, 0.1) is 6.54 Å². The maximum absolute atomic E-state index is 12.0. The normalized spacial score (nSPS) is 10.6. The molecule has 0 fully saturated rings. The second-order valence-electron chi connectivity index (χ2n) is 6.45. The van der Waals surface area contributed by atoms with Crippen LogP contribution in [0.4, 0.5) is 5.69 Å². The highest BCUT2D eigenvalue weighted by Crippen LogP contribution is 2.15. The zero-order valence-electron chi connectivity index (χ0n) is 15.1. The fraction of sp³-hybridized carbons (Fsp3) is 0.333. The summed E-state index contributed by atoms with van der Waals surface area (Å²) in [7, 11) is 0. The number of rotatable bonds is 8. The molecule has 2 rings (SSSR count). The molecule has 0 saturated carbocycles. The van der Waals surface area contributed by atoms with Crippen LogP contribution in [0, 0.1) is 0 Å². The molecular weight excluding hydrogens is 312 g/mol. The van der Waals surface area contributed by atoms with E-state index >= 15 is 0 Å². The highest BCUT2D eigenvalue weighted by Gasteiger charge is 2.07. The summed E-state index contributed by atoms with van der Waals surface area (Å²) in [5.41, 5.74) is 3.82. The van der Waals surface area contributed by atoms with Crippen LogP contribution in [0.1, 0.15) is 48.2 Å². The Morgan fingerprint density at radius 1 is 1.00 bits per heavy atom. The summed E-state index contributed by atoms with van der Waals surface area (Å²) < 4.78 is 0. The van der Waals surface area contributed by atoms with Gasteiger partial charge in [0.25, 0.3) is 0 Å². The van der Waals surface area contributed by atoms with E-state index in [0.29, 0.717) is 23.7 Å². The first-order chi connectivity index (χ1) is 12.0. The summed E-state index contributed by atoms with van der Waals surface area (Å²) in [4.78, 5) is 23.5. The number of Topliss-reactive ketones (excluding diaryl/α,β-unsaturated/α-hetero) is 1. The van der Waals surface area contributed by atoms with Gasteiger partial charge in [-0.15, -0.1) is 0 Å². The monoisotopic (exact) mass is 338 g/mol. The lowest BCUT2D eigenvalue weighted by Gasteiger charge is -2.11.